The number of halogens is 1. The van der Waals surface area contributed by atoms with E-state index >= 15 is 0 Å². The van der Waals surface area contributed by atoms with Crippen LogP contribution in [0.4, 0.5) is 0 Å². The molecule has 0 saturated heterocycles. The van der Waals surface area contributed by atoms with Gasteiger partial charge in [-0.3, -0.25) is 0 Å². The van der Waals surface area contributed by atoms with Crippen molar-refractivity contribution in [3.05, 3.63) is 30.1 Å². The van der Waals surface area contributed by atoms with Crippen LogP contribution in [-0.4, -0.2) is 4.98 Å². The number of imidazole rings is 1. The maximum absolute atomic E-state index is 3.61. The van der Waals surface area contributed by atoms with Crippen molar-refractivity contribution in [3.8, 4) is 0 Å². The van der Waals surface area contributed by atoms with E-state index in [1.165, 1.54) is 61.8 Å². The summed E-state index contributed by atoms with van der Waals surface area (Å²) in [5.41, 5.74) is 2.65. The van der Waals surface area contributed by atoms with Gasteiger partial charge in [0.05, 0.1) is 6.54 Å². The molecule has 2 rings (SSSR count). The van der Waals surface area contributed by atoms with E-state index in [1.54, 1.807) is 0 Å². The van der Waals surface area contributed by atoms with Crippen molar-refractivity contribution in [3.63, 3.8) is 0 Å². The Hall–Kier alpha value is -0.830. The van der Waals surface area contributed by atoms with E-state index in [0.717, 1.165) is 6.54 Å². The highest BCUT2D eigenvalue weighted by Gasteiger charge is 2.16. The number of fused-ring (bicyclic) bond motifs is 1. The second kappa shape index (κ2) is 9.17. The van der Waals surface area contributed by atoms with Gasteiger partial charge >= 0.3 is 0 Å². The molecular formula is C17H27BrN2. The number of aryl methyl sites for hydroxylation is 2. The molecule has 0 aliphatic rings. The van der Waals surface area contributed by atoms with Crippen LogP contribution in [0.1, 0.15) is 58.2 Å². The molecule has 0 spiro atoms. The molecule has 0 saturated carbocycles. The quantitative estimate of drug-likeness (QED) is 0.554. The molecule has 0 radical (unpaired) electrons. The van der Waals surface area contributed by atoms with Crippen molar-refractivity contribution >= 4 is 11.0 Å². The average Bonchev–Trinajstić information content (AvgIpc) is 2.78. The summed E-state index contributed by atoms with van der Waals surface area (Å²) in [5, 5.41) is 0. The summed E-state index contributed by atoms with van der Waals surface area (Å²) in [4.78, 5) is 3.61. The van der Waals surface area contributed by atoms with E-state index in [0.29, 0.717) is 0 Å². The third-order valence-corrected chi connectivity index (χ3v) is 3.80. The maximum Gasteiger partial charge on any atom is 0.255 e. The SMILES string of the molecule is CCCCCc1[nH]c2ccccc2[n+]1CCCCC.[Br-]. The molecule has 0 unspecified atom stereocenters. The van der Waals surface area contributed by atoms with Gasteiger partial charge in [0, 0.05) is 6.42 Å². The Morgan fingerprint density at radius 3 is 2.40 bits per heavy atom. The minimum atomic E-state index is 0. The van der Waals surface area contributed by atoms with Crippen LogP contribution in [0, 0.1) is 0 Å². The second-order valence-electron chi connectivity index (χ2n) is 5.40. The Morgan fingerprint density at radius 2 is 1.65 bits per heavy atom. The smallest absolute Gasteiger partial charge is 0.255 e. The summed E-state index contributed by atoms with van der Waals surface area (Å²) in [7, 11) is 0. The maximum atomic E-state index is 3.61. The number of para-hydroxylation sites is 2. The normalized spacial score (nSPS) is 10.7. The number of benzene rings is 1. The molecule has 0 aliphatic heterocycles. The molecule has 0 aliphatic carbocycles. The summed E-state index contributed by atoms with van der Waals surface area (Å²) >= 11 is 0. The van der Waals surface area contributed by atoms with Crippen LogP contribution >= 0.6 is 0 Å². The average molecular weight is 339 g/mol. The van der Waals surface area contributed by atoms with E-state index in [9.17, 15) is 0 Å². The van der Waals surface area contributed by atoms with Gasteiger partial charge in [0.15, 0.2) is 11.0 Å². The first kappa shape index (κ1) is 17.2. The zero-order chi connectivity index (χ0) is 13.5. The molecule has 20 heavy (non-hydrogen) atoms. The third kappa shape index (κ3) is 4.34. The molecule has 0 atom stereocenters. The van der Waals surface area contributed by atoms with Crippen molar-refractivity contribution < 1.29 is 21.5 Å². The lowest BCUT2D eigenvalue weighted by Crippen LogP contribution is -3.00. The molecule has 3 heteroatoms. The van der Waals surface area contributed by atoms with Crippen molar-refractivity contribution in [2.24, 2.45) is 0 Å². The van der Waals surface area contributed by atoms with E-state index in [2.05, 4.69) is 47.7 Å². The number of H-pyrrole nitrogens is 1. The highest BCUT2D eigenvalue weighted by Crippen LogP contribution is 2.12. The second-order valence-corrected chi connectivity index (χ2v) is 5.40. The van der Waals surface area contributed by atoms with Crippen molar-refractivity contribution in [2.75, 3.05) is 0 Å². The van der Waals surface area contributed by atoms with Gasteiger partial charge in [-0.1, -0.05) is 45.2 Å². The van der Waals surface area contributed by atoms with Crippen LogP contribution in [0.2, 0.25) is 0 Å². The van der Waals surface area contributed by atoms with Crippen LogP contribution < -0.4 is 21.5 Å². The molecular weight excluding hydrogens is 312 g/mol. The number of aromatic amines is 1. The number of hydrogen-bond donors (Lipinski definition) is 1. The predicted octanol–water partition coefficient (Wildman–Crippen LogP) is 1.38. The molecule has 2 aromatic rings. The van der Waals surface area contributed by atoms with Gasteiger partial charge in [-0.05, 0) is 31.4 Å². The molecule has 1 aromatic heterocycles. The number of hydrogen-bond acceptors (Lipinski definition) is 0. The highest BCUT2D eigenvalue weighted by atomic mass is 79.9. The first-order valence-electron chi connectivity index (χ1n) is 7.86. The Labute approximate surface area is 133 Å². The first-order valence-corrected chi connectivity index (χ1v) is 7.86. The minimum absolute atomic E-state index is 0. The Balaban J connectivity index is 0.00000200. The van der Waals surface area contributed by atoms with E-state index in [4.69, 9.17) is 0 Å². The lowest BCUT2D eigenvalue weighted by molar-refractivity contribution is -0.679. The molecule has 0 amide bonds. The predicted molar refractivity (Wildman–Crippen MR) is 81.2 cm³/mol. The summed E-state index contributed by atoms with van der Waals surface area (Å²) in [5.74, 6) is 1.41. The number of nitrogens with zero attached hydrogens (tertiary/aromatic N) is 1. The van der Waals surface area contributed by atoms with Crippen LogP contribution in [0.15, 0.2) is 24.3 Å². The van der Waals surface area contributed by atoms with E-state index in [1.807, 2.05) is 0 Å². The van der Waals surface area contributed by atoms with Gasteiger partial charge in [-0.15, -0.1) is 0 Å². The molecule has 0 bridgehead atoms. The molecule has 1 N–H and O–H groups in total. The molecule has 2 nitrogen and oxygen atoms in total. The lowest BCUT2D eigenvalue weighted by Gasteiger charge is -2.02. The zero-order valence-electron chi connectivity index (χ0n) is 12.8. The van der Waals surface area contributed by atoms with E-state index < -0.39 is 0 Å². The van der Waals surface area contributed by atoms with Crippen molar-refractivity contribution in [2.45, 2.75) is 65.3 Å². The van der Waals surface area contributed by atoms with Crippen LogP contribution in [0.3, 0.4) is 0 Å². The van der Waals surface area contributed by atoms with Crippen LogP contribution in [0.5, 0.6) is 0 Å². The van der Waals surface area contributed by atoms with Crippen molar-refractivity contribution in [1.82, 2.24) is 4.98 Å². The standard InChI is InChI=1S/C17H26N2.BrH/c1-3-5-7-13-17-18-15-11-8-9-12-16(15)19(17)14-10-6-4-2;/h8-9,11-12H,3-7,10,13-14H2,1-2H3;1H. The van der Waals surface area contributed by atoms with Gasteiger partial charge in [0.25, 0.3) is 5.82 Å². The van der Waals surface area contributed by atoms with Gasteiger partial charge in [0.1, 0.15) is 0 Å². The number of nitrogens with one attached hydrogen (secondary N) is 1. The molecule has 1 aromatic carbocycles. The summed E-state index contributed by atoms with van der Waals surface area (Å²) < 4.78 is 2.50. The van der Waals surface area contributed by atoms with Crippen LogP contribution in [-0.2, 0) is 13.0 Å². The number of rotatable bonds is 8. The van der Waals surface area contributed by atoms with Crippen molar-refractivity contribution in [1.29, 1.82) is 0 Å². The lowest BCUT2D eigenvalue weighted by atomic mass is 10.2. The fourth-order valence-corrected chi connectivity index (χ4v) is 2.70. The largest absolute Gasteiger partial charge is 1.00 e. The van der Waals surface area contributed by atoms with Gasteiger partial charge in [-0.25, -0.2) is 9.55 Å². The fraction of sp³-hybridized carbons (Fsp3) is 0.588. The van der Waals surface area contributed by atoms with Crippen LogP contribution in [0.25, 0.3) is 11.0 Å². The van der Waals surface area contributed by atoms with Gasteiger partial charge in [0.2, 0.25) is 0 Å². The number of aromatic nitrogens is 2. The highest BCUT2D eigenvalue weighted by molar-refractivity contribution is 5.70. The zero-order valence-corrected chi connectivity index (χ0v) is 14.4. The fourth-order valence-electron chi connectivity index (χ4n) is 2.70. The summed E-state index contributed by atoms with van der Waals surface area (Å²) in [6.45, 7) is 5.68. The first-order chi connectivity index (χ1) is 9.36. The third-order valence-electron chi connectivity index (χ3n) is 3.80. The monoisotopic (exact) mass is 338 g/mol. The van der Waals surface area contributed by atoms with Gasteiger partial charge < -0.3 is 17.0 Å². The minimum Gasteiger partial charge on any atom is -1.00 e. The summed E-state index contributed by atoms with van der Waals surface area (Å²) in [6.07, 6.45) is 8.96. The molecule has 0 fully saturated rings. The number of unbranched alkanes of at least 4 members (excludes halogenated alkanes) is 4. The van der Waals surface area contributed by atoms with Gasteiger partial charge in [-0.2, -0.15) is 0 Å². The Morgan fingerprint density at radius 1 is 0.950 bits per heavy atom. The Bertz CT molecular complexity index is 505. The topological polar surface area (TPSA) is 19.7 Å². The summed E-state index contributed by atoms with van der Waals surface area (Å²) in [6, 6.07) is 8.68. The van der Waals surface area contributed by atoms with E-state index in [-0.39, 0.29) is 17.0 Å². The Kier molecular flexibility index (Phi) is 7.90. The molecule has 1 heterocycles. The molecule has 112 valence electrons.